The number of nitrogens with two attached hydrogens (primary N) is 2. The Kier molecular flexibility index (Phi) is 6.23. The van der Waals surface area contributed by atoms with Crippen LogP contribution >= 0.6 is 7.59 Å². The second-order valence-corrected chi connectivity index (χ2v) is 11.5. The molecule has 1 saturated heterocycles. The summed E-state index contributed by atoms with van der Waals surface area (Å²) in [6.45, 7) is -0.411. The fourth-order valence-electron chi connectivity index (χ4n) is 4.16. The summed E-state index contributed by atoms with van der Waals surface area (Å²) >= 11 is 0. The van der Waals surface area contributed by atoms with Gasteiger partial charge in [0.25, 0.3) is 5.91 Å². The third-order valence-electron chi connectivity index (χ3n) is 5.76. The molecule has 0 aliphatic carbocycles. The van der Waals surface area contributed by atoms with Crippen LogP contribution < -0.4 is 15.7 Å². The molecule has 0 spiro atoms. The molecule has 1 amide bonds. The molecule has 11 nitrogen and oxygen atoms in total. The summed E-state index contributed by atoms with van der Waals surface area (Å²) in [6.07, 6.45) is -0.0216. The van der Waals surface area contributed by atoms with Crippen LogP contribution in [-0.2, 0) is 35.8 Å². The SMILES string of the molecule is N[C@@]1(C(=O)OCc2c3ccccc3cc3ccccc23)CCCN([P@](N)(=O)NS(=O)(=O)O)C1=O. The zero-order valence-corrected chi connectivity index (χ0v) is 19.6. The molecule has 1 fully saturated rings. The van der Waals surface area contributed by atoms with E-state index in [1.165, 1.54) is 4.49 Å². The number of hydrogen-bond acceptors (Lipinski definition) is 7. The average molecular weight is 506 g/mol. The molecular formula is C21H23N4O7PS. The first-order valence-electron chi connectivity index (χ1n) is 10.3. The van der Waals surface area contributed by atoms with Crippen molar-refractivity contribution in [3.63, 3.8) is 0 Å². The van der Waals surface area contributed by atoms with Gasteiger partial charge in [0.05, 0.1) is 0 Å². The number of ether oxygens (including phenoxy) is 1. The molecule has 3 aromatic rings. The van der Waals surface area contributed by atoms with Crippen molar-refractivity contribution in [3.8, 4) is 0 Å². The number of esters is 1. The van der Waals surface area contributed by atoms with E-state index in [4.69, 9.17) is 20.5 Å². The van der Waals surface area contributed by atoms with Gasteiger partial charge in [0.2, 0.25) is 0 Å². The van der Waals surface area contributed by atoms with E-state index < -0.39 is 35.3 Å². The number of nitrogens with zero attached hydrogens (tertiary/aromatic N) is 1. The Morgan fingerprint density at radius 3 is 2.26 bits per heavy atom. The molecule has 34 heavy (non-hydrogen) atoms. The standard InChI is InChI=1S/C21H23N4O7PS/c22-21(10-5-11-25(19(21)26)33(23,28)24-34(29,30)31)20(27)32-13-18-16-8-3-1-6-14(16)12-15-7-2-4-9-17(15)18/h1-4,6-9,12H,5,10-11,13,22H2,(H3,23,24,28)(H,29,30,31)/t21-,33+/m0/s1. The van der Waals surface area contributed by atoms with Crippen molar-refractivity contribution >= 4 is 51.3 Å². The third-order valence-corrected chi connectivity index (χ3v) is 8.82. The van der Waals surface area contributed by atoms with Crippen LogP contribution in [0, 0.1) is 0 Å². The van der Waals surface area contributed by atoms with Gasteiger partial charge in [0.15, 0.2) is 5.54 Å². The van der Waals surface area contributed by atoms with Crippen molar-refractivity contribution < 1.29 is 31.9 Å². The van der Waals surface area contributed by atoms with Crippen molar-refractivity contribution in [3.05, 3.63) is 60.2 Å². The third kappa shape index (κ3) is 4.56. The number of carbonyl (C=O) groups is 2. The van der Waals surface area contributed by atoms with Crippen LogP contribution in [-0.4, -0.2) is 41.6 Å². The maximum Gasteiger partial charge on any atom is 0.341 e. The smallest absolute Gasteiger partial charge is 0.341 e. The molecule has 0 bridgehead atoms. The van der Waals surface area contributed by atoms with Gasteiger partial charge in [0, 0.05) is 12.1 Å². The van der Waals surface area contributed by atoms with E-state index in [-0.39, 0.29) is 26.0 Å². The van der Waals surface area contributed by atoms with Gasteiger partial charge in [0.1, 0.15) is 6.61 Å². The fraction of sp³-hybridized carbons (Fsp3) is 0.238. The monoisotopic (exact) mass is 506 g/mol. The summed E-state index contributed by atoms with van der Waals surface area (Å²) in [5.41, 5.74) is 10.1. The van der Waals surface area contributed by atoms with Gasteiger partial charge >= 0.3 is 23.9 Å². The average Bonchev–Trinajstić information content (AvgIpc) is 2.76. The number of fused-ring (bicyclic) bond motifs is 2. The predicted molar refractivity (Wildman–Crippen MR) is 126 cm³/mol. The van der Waals surface area contributed by atoms with E-state index in [0.717, 1.165) is 27.1 Å². The van der Waals surface area contributed by atoms with Crippen molar-refractivity contribution in [2.75, 3.05) is 6.54 Å². The Labute approximate surface area is 195 Å². The lowest BCUT2D eigenvalue weighted by Gasteiger charge is -2.39. The summed E-state index contributed by atoms with van der Waals surface area (Å²) < 4.78 is 51.0. The fourth-order valence-corrected chi connectivity index (χ4v) is 6.77. The van der Waals surface area contributed by atoms with Gasteiger partial charge in [-0.2, -0.15) is 8.42 Å². The maximum atomic E-state index is 13.0. The molecule has 1 aliphatic rings. The van der Waals surface area contributed by atoms with Crippen LogP contribution in [0.15, 0.2) is 54.6 Å². The molecular weight excluding hydrogens is 483 g/mol. The van der Waals surface area contributed by atoms with Crippen molar-refractivity contribution in [2.24, 2.45) is 11.2 Å². The molecule has 3 aromatic carbocycles. The molecule has 6 N–H and O–H groups in total. The highest BCUT2D eigenvalue weighted by Gasteiger charge is 2.52. The molecule has 1 heterocycles. The molecule has 180 valence electrons. The molecule has 0 aromatic heterocycles. The Bertz CT molecular complexity index is 1410. The topological polar surface area (TPSA) is 182 Å². The second-order valence-electron chi connectivity index (χ2n) is 8.07. The molecule has 1 aliphatic heterocycles. The number of carbonyl (C=O) groups excluding carboxylic acids is 2. The van der Waals surface area contributed by atoms with E-state index in [1.807, 2.05) is 54.6 Å². The summed E-state index contributed by atoms with van der Waals surface area (Å²) in [5.74, 6) is -2.22. The van der Waals surface area contributed by atoms with Crippen molar-refractivity contribution in [1.29, 1.82) is 0 Å². The normalized spacial score (nSPS) is 20.9. The first-order valence-corrected chi connectivity index (χ1v) is 13.4. The summed E-state index contributed by atoms with van der Waals surface area (Å²) in [7, 11) is -9.59. The minimum Gasteiger partial charge on any atom is -0.459 e. The Balaban J connectivity index is 1.62. The van der Waals surface area contributed by atoms with Crippen molar-refractivity contribution in [1.82, 2.24) is 9.16 Å². The number of rotatable bonds is 6. The van der Waals surface area contributed by atoms with Crippen LogP contribution in [0.5, 0.6) is 0 Å². The minimum atomic E-state index is -4.99. The second kappa shape index (κ2) is 8.73. The Morgan fingerprint density at radius 1 is 1.15 bits per heavy atom. The van der Waals surface area contributed by atoms with Crippen LogP contribution in [0.2, 0.25) is 0 Å². The largest absolute Gasteiger partial charge is 0.459 e. The first kappa shape index (κ1) is 24.3. The zero-order valence-electron chi connectivity index (χ0n) is 17.9. The summed E-state index contributed by atoms with van der Waals surface area (Å²) in [4.78, 5) is 26.0. The van der Waals surface area contributed by atoms with Gasteiger partial charge in [-0.1, -0.05) is 48.5 Å². The van der Waals surface area contributed by atoms with Crippen molar-refractivity contribution in [2.45, 2.75) is 25.0 Å². The number of piperidine rings is 1. The van der Waals surface area contributed by atoms with Crippen LogP contribution in [0.25, 0.3) is 21.5 Å². The lowest BCUT2D eigenvalue weighted by atomic mass is 9.90. The van der Waals surface area contributed by atoms with Gasteiger partial charge in [-0.25, -0.2) is 4.79 Å². The predicted octanol–water partition coefficient (Wildman–Crippen LogP) is 1.82. The van der Waals surface area contributed by atoms with Gasteiger partial charge in [-0.05, 0) is 40.5 Å². The van der Waals surface area contributed by atoms with E-state index in [0.29, 0.717) is 4.67 Å². The summed E-state index contributed by atoms with van der Waals surface area (Å²) in [5, 5.41) is 3.60. The molecule has 13 heteroatoms. The highest BCUT2D eigenvalue weighted by molar-refractivity contribution is 7.90. The van der Waals surface area contributed by atoms with Crippen LogP contribution in [0.3, 0.4) is 0 Å². The van der Waals surface area contributed by atoms with E-state index in [2.05, 4.69) is 0 Å². The molecule has 0 saturated carbocycles. The molecule has 0 unspecified atom stereocenters. The van der Waals surface area contributed by atoms with E-state index >= 15 is 0 Å². The number of benzene rings is 3. The lowest BCUT2D eigenvalue weighted by molar-refractivity contribution is -0.159. The van der Waals surface area contributed by atoms with Gasteiger partial charge < -0.3 is 10.5 Å². The molecule has 4 rings (SSSR count). The highest BCUT2D eigenvalue weighted by Crippen LogP contribution is 2.42. The number of nitrogens with one attached hydrogen (secondary N) is 1. The zero-order chi connectivity index (χ0) is 24.7. The van der Waals surface area contributed by atoms with Crippen LogP contribution in [0.1, 0.15) is 18.4 Å². The molecule has 0 radical (unpaired) electrons. The van der Waals surface area contributed by atoms with Gasteiger partial charge in [-0.15, -0.1) is 4.49 Å². The van der Waals surface area contributed by atoms with E-state index in [1.54, 1.807) is 0 Å². The number of amides is 1. The summed E-state index contributed by atoms with van der Waals surface area (Å²) in [6, 6.07) is 17.2. The first-order chi connectivity index (χ1) is 15.9. The van der Waals surface area contributed by atoms with Crippen LogP contribution in [0.4, 0.5) is 0 Å². The number of hydrogen-bond donors (Lipinski definition) is 4. The maximum absolute atomic E-state index is 13.0. The minimum absolute atomic E-state index is 0.100. The lowest BCUT2D eigenvalue weighted by Crippen LogP contribution is -2.64. The quantitative estimate of drug-likeness (QED) is 0.127. The van der Waals surface area contributed by atoms with E-state index in [9.17, 15) is 22.6 Å². The Hall–Kier alpha value is -2.86. The highest BCUT2D eigenvalue weighted by atomic mass is 32.2. The van der Waals surface area contributed by atoms with Gasteiger partial charge in [-0.3, -0.25) is 24.1 Å². The Morgan fingerprint density at radius 2 is 1.71 bits per heavy atom. The molecule has 2 atom stereocenters.